The SMILES string of the molecule is O=C(CCCc1ccccc1)Nc1ccc(C(=O)NCc2ccccc2)cc1. The van der Waals surface area contributed by atoms with Crippen molar-refractivity contribution in [2.75, 3.05) is 5.32 Å². The van der Waals surface area contributed by atoms with Crippen molar-refractivity contribution in [1.82, 2.24) is 5.32 Å². The van der Waals surface area contributed by atoms with Gasteiger partial charge in [0.15, 0.2) is 0 Å². The molecule has 0 aliphatic rings. The Hall–Kier alpha value is -3.40. The fourth-order valence-corrected chi connectivity index (χ4v) is 2.91. The van der Waals surface area contributed by atoms with E-state index in [1.165, 1.54) is 5.56 Å². The lowest BCUT2D eigenvalue weighted by molar-refractivity contribution is -0.116. The number of anilines is 1. The Balaban J connectivity index is 1.43. The highest BCUT2D eigenvalue weighted by atomic mass is 16.2. The molecule has 0 saturated heterocycles. The second-order valence-electron chi connectivity index (χ2n) is 6.63. The number of carbonyl (C=O) groups is 2. The van der Waals surface area contributed by atoms with Gasteiger partial charge in [-0.2, -0.15) is 0 Å². The van der Waals surface area contributed by atoms with Crippen molar-refractivity contribution in [1.29, 1.82) is 0 Å². The van der Waals surface area contributed by atoms with E-state index < -0.39 is 0 Å². The van der Waals surface area contributed by atoms with Crippen LogP contribution in [-0.2, 0) is 17.8 Å². The van der Waals surface area contributed by atoms with Crippen molar-refractivity contribution >= 4 is 17.5 Å². The Morgan fingerprint density at radius 2 is 1.32 bits per heavy atom. The van der Waals surface area contributed by atoms with Crippen LogP contribution in [0.1, 0.15) is 34.3 Å². The summed E-state index contributed by atoms with van der Waals surface area (Å²) in [6.07, 6.45) is 2.15. The average molecular weight is 372 g/mol. The van der Waals surface area contributed by atoms with Crippen molar-refractivity contribution in [2.24, 2.45) is 0 Å². The van der Waals surface area contributed by atoms with Crippen LogP contribution >= 0.6 is 0 Å². The van der Waals surface area contributed by atoms with Crippen molar-refractivity contribution in [3.8, 4) is 0 Å². The Labute approximate surface area is 165 Å². The molecule has 3 aromatic rings. The van der Waals surface area contributed by atoms with Gasteiger partial charge in [0.05, 0.1) is 0 Å². The molecule has 0 spiro atoms. The van der Waals surface area contributed by atoms with E-state index in [-0.39, 0.29) is 11.8 Å². The third kappa shape index (κ3) is 6.09. The molecule has 0 aliphatic heterocycles. The van der Waals surface area contributed by atoms with Crippen LogP contribution in [0.4, 0.5) is 5.69 Å². The normalized spacial score (nSPS) is 10.3. The van der Waals surface area contributed by atoms with Crippen molar-refractivity contribution in [2.45, 2.75) is 25.8 Å². The number of aryl methyl sites for hydroxylation is 1. The first kappa shape index (κ1) is 19.4. The third-order valence-electron chi connectivity index (χ3n) is 4.44. The minimum atomic E-state index is -0.135. The van der Waals surface area contributed by atoms with Gasteiger partial charge in [-0.3, -0.25) is 9.59 Å². The molecule has 0 atom stereocenters. The first-order valence-corrected chi connectivity index (χ1v) is 9.47. The van der Waals surface area contributed by atoms with Crippen LogP contribution in [0.2, 0.25) is 0 Å². The summed E-state index contributed by atoms with van der Waals surface area (Å²) in [5.74, 6) is -0.151. The zero-order valence-corrected chi connectivity index (χ0v) is 15.7. The van der Waals surface area contributed by atoms with Gasteiger partial charge in [-0.05, 0) is 48.2 Å². The molecule has 0 aliphatic carbocycles. The topological polar surface area (TPSA) is 58.2 Å². The second-order valence-corrected chi connectivity index (χ2v) is 6.63. The molecule has 4 nitrogen and oxygen atoms in total. The lowest BCUT2D eigenvalue weighted by Gasteiger charge is -2.08. The number of rotatable bonds is 8. The highest BCUT2D eigenvalue weighted by molar-refractivity contribution is 5.95. The number of amides is 2. The van der Waals surface area contributed by atoms with Gasteiger partial charge < -0.3 is 10.6 Å². The van der Waals surface area contributed by atoms with Crippen LogP contribution in [0.3, 0.4) is 0 Å². The van der Waals surface area contributed by atoms with Crippen LogP contribution in [0.5, 0.6) is 0 Å². The van der Waals surface area contributed by atoms with Gasteiger partial charge in [0.2, 0.25) is 5.91 Å². The van der Waals surface area contributed by atoms with Gasteiger partial charge in [-0.25, -0.2) is 0 Å². The summed E-state index contributed by atoms with van der Waals surface area (Å²) in [6.45, 7) is 0.486. The van der Waals surface area contributed by atoms with Crippen LogP contribution in [0, 0.1) is 0 Å². The minimum absolute atomic E-state index is 0.0165. The molecule has 0 aromatic heterocycles. The smallest absolute Gasteiger partial charge is 0.251 e. The molecule has 4 heteroatoms. The van der Waals surface area contributed by atoms with Crippen molar-refractivity contribution in [3.05, 3.63) is 102 Å². The highest BCUT2D eigenvalue weighted by Gasteiger charge is 2.07. The maximum Gasteiger partial charge on any atom is 0.251 e. The molecule has 28 heavy (non-hydrogen) atoms. The molecule has 3 aromatic carbocycles. The van der Waals surface area contributed by atoms with Gasteiger partial charge in [-0.1, -0.05) is 60.7 Å². The molecule has 142 valence electrons. The average Bonchev–Trinajstić information content (AvgIpc) is 2.74. The largest absolute Gasteiger partial charge is 0.348 e. The number of hydrogen-bond donors (Lipinski definition) is 2. The lowest BCUT2D eigenvalue weighted by atomic mass is 10.1. The molecule has 0 fully saturated rings. The number of nitrogens with one attached hydrogen (secondary N) is 2. The standard InChI is InChI=1S/C24H24N2O2/c27-23(13-7-12-19-8-3-1-4-9-19)26-22-16-14-21(15-17-22)24(28)25-18-20-10-5-2-6-11-20/h1-6,8-11,14-17H,7,12-13,18H2,(H,25,28)(H,26,27). The first-order chi connectivity index (χ1) is 13.7. The lowest BCUT2D eigenvalue weighted by Crippen LogP contribution is -2.22. The van der Waals surface area contributed by atoms with Gasteiger partial charge in [0.25, 0.3) is 5.91 Å². The maximum absolute atomic E-state index is 12.2. The van der Waals surface area contributed by atoms with Crippen LogP contribution in [-0.4, -0.2) is 11.8 Å². The fraction of sp³-hybridized carbons (Fsp3) is 0.167. The Morgan fingerprint density at radius 1 is 0.714 bits per heavy atom. The zero-order chi connectivity index (χ0) is 19.6. The Bertz CT molecular complexity index is 891. The van der Waals surface area contributed by atoms with Crippen LogP contribution in [0.25, 0.3) is 0 Å². The van der Waals surface area contributed by atoms with Crippen molar-refractivity contribution < 1.29 is 9.59 Å². The summed E-state index contributed by atoms with van der Waals surface area (Å²) >= 11 is 0. The minimum Gasteiger partial charge on any atom is -0.348 e. The monoisotopic (exact) mass is 372 g/mol. The summed E-state index contributed by atoms with van der Waals surface area (Å²) < 4.78 is 0. The Morgan fingerprint density at radius 3 is 1.96 bits per heavy atom. The van der Waals surface area contributed by atoms with E-state index >= 15 is 0 Å². The second kappa shape index (κ2) is 10.1. The predicted molar refractivity (Wildman–Crippen MR) is 112 cm³/mol. The molecule has 0 radical (unpaired) electrons. The van der Waals surface area contributed by atoms with Crippen LogP contribution in [0.15, 0.2) is 84.9 Å². The molecule has 0 saturated carbocycles. The van der Waals surface area contributed by atoms with E-state index in [1.54, 1.807) is 24.3 Å². The van der Waals surface area contributed by atoms with Crippen molar-refractivity contribution in [3.63, 3.8) is 0 Å². The number of carbonyl (C=O) groups excluding carboxylic acids is 2. The maximum atomic E-state index is 12.2. The summed E-state index contributed by atoms with van der Waals surface area (Å²) in [7, 11) is 0. The van der Waals surface area contributed by atoms with E-state index in [4.69, 9.17) is 0 Å². The highest BCUT2D eigenvalue weighted by Crippen LogP contribution is 2.12. The van der Waals surface area contributed by atoms with Gasteiger partial charge >= 0.3 is 0 Å². The summed E-state index contributed by atoms with van der Waals surface area (Å²) in [5.41, 5.74) is 3.55. The molecular formula is C24H24N2O2. The zero-order valence-electron chi connectivity index (χ0n) is 15.7. The van der Waals surface area contributed by atoms with Crippen LogP contribution < -0.4 is 10.6 Å². The predicted octanol–water partition coefficient (Wildman–Crippen LogP) is 4.58. The number of hydrogen-bond acceptors (Lipinski definition) is 2. The summed E-state index contributed by atoms with van der Waals surface area (Å²) in [4.78, 5) is 24.3. The third-order valence-corrected chi connectivity index (χ3v) is 4.44. The quantitative estimate of drug-likeness (QED) is 0.608. The van der Waals surface area contributed by atoms with E-state index in [2.05, 4.69) is 22.8 Å². The van der Waals surface area contributed by atoms with Gasteiger partial charge in [0.1, 0.15) is 0 Å². The molecule has 0 heterocycles. The molecular weight excluding hydrogens is 348 g/mol. The van der Waals surface area contributed by atoms with E-state index in [0.717, 1.165) is 18.4 Å². The molecule has 0 bridgehead atoms. The summed E-state index contributed by atoms with van der Waals surface area (Å²) in [6, 6.07) is 26.9. The van der Waals surface area contributed by atoms with E-state index in [0.29, 0.717) is 24.2 Å². The fourth-order valence-electron chi connectivity index (χ4n) is 2.91. The van der Waals surface area contributed by atoms with E-state index in [1.807, 2.05) is 48.5 Å². The van der Waals surface area contributed by atoms with Gasteiger partial charge in [0, 0.05) is 24.2 Å². The van der Waals surface area contributed by atoms with Gasteiger partial charge in [-0.15, -0.1) is 0 Å². The molecule has 0 unspecified atom stereocenters. The number of benzene rings is 3. The Kier molecular flexibility index (Phi) is 6.96. The summed E-state index contributed by atoms with van der Waals surface area (Å²) in [5, 5.41) is 5.77. The molecule has 2 N–H and O–H groups in total. The molecule has 2 amide bonds. The first-order valence-electron chi connectivity index (χ1n) is 9.47. The molecule has 3 rings (SSSR count). The van der Waals surface area contributed by atoms with E-state index in [9.17, 15) is 9.59 Å².